The first kappa shape index (κ1) is 13.7. The number of aryl methyl sites for hydroxylation is 1. The molecule has 0 aliphatic rings. The Balaban J connectivity index is 2.78. The molecule has 0 bridgehead atoms. The first-order valence-electron chi connectivity index (χ1n) is 5.40. The molecule has 1 unspecified atom stereocenters. The van der Waals surface area contributed by atoms with Gasteiger partial charge in [-0.15, -0.1) is 11.3 Å². The van der Waals surface area contributed by atoms with Gasteiger partial charge in [-0.1, -0.05) is 6.92 Å². The highest BCUT2D eigenvalue weighted by molar-refractivity contribution is 7.90. The Morgan fingerprint density at radius 2 is 2.12 bits per heavy atom. The van der Waals surface area contributed by atoms with Crippen LogP contribution < -0.4 is 5.32 Å². The normalized spacial score (nSPS) is 13.9. The van der Waals surface area contributed by atoms with Gasteiger partial charge in [0.2, 0.25) is 0 Å². The average molecular weight is 261 g/mol. The van der Waals surface area contributed by atoms with E-state index >= 15 is 0 Å². The fourth-order valence-corrected chi connectivity index (χ4v) is 3.46. The van der Waals surface area contributed by atoms with Crippen molar-refractivity contribution in [2.24, 2.45) is 0 Å². The third-order valence-corrected chi connectivity index (χ3v) is 4.27. The van der Waals surface area contributed by atoms with Crippen molar-refractivity contribution in [1.82, 2.24) is 5.32 Å². The van der Waals surface area contributed by atoms with Gasteiger partial charge in [-0.05, 0) is 32.0 Å². The minimum atomic E-state index is -2.95. The maximum atomic E-state index is 11.3. The van der Waals surface area contributed by atoms with Crippen molar-refractivity contribution in [1.29, 1.82) is 0 Å². The molecule has 1 N–H and O–H groups in total. The Morgan fingerprint density at radius 3 is 2.56 bits per heavy atom. The van der Waals surface area contributed by atoms with Crippen LogP contribution in [0.25, 0.3) is 0 Å². The standard InChI is InChI=1S/C11H19NO2S2/c1-4-7-12-10(8-16(3,13)14)11-6-5-9(2)15-11/h5-6,10,12H,4,7-8H2,1-3H3. The van der Waals surface area contributed by atoms with Crippen LogP contribution in [0.5, 0.6) is 0 Å². The van der Waals surface area contributed by atoms with Crippen molar-refractivity contribution in [3.8, 4) is 0 Å². The molecule has 1 aromatic rings. The minimum Gasteiger partial charge on any atom is -0.308 e. The summed E-state index contributed by atoms with van der Waals surface area (Å²) in [7, 11) is -2.95. The quantitative estimate of drug-likeness (QED) is 0.853. The van der Waals surface area contributed by atoms with Crippen LogP contribution in [-0.4, -0.2) is 27.0 Å². The summed E-state index contributed by atoms with van der Waals surface area (Å²) in [5.74, 6) is 0.174. The molecule has 0 fully saturated rings. The van der Waals surface area contributed by atoms with Gasteiger partial charge in [0.25, 0.3) is 0 Å². The van der Waals surface area contributed by atoms with Gasteiger partial charge in [0, 0.05) is 16.0 Å². The Kier molecular flexibility index (Phi) is 4.95. The van der Waals surface area contributed by atoms with E-state index in [0.717, 1.165) is 17.8 Å². The summed E-state index contributed by atoms with van der Waals surface area (Å²) < 4.78 is 22.7. The van der Waals surface area contributed by atoms with Gasteiger partial charge in [0.15, 0.2) is 0 Å². The molecule has 5 heteroatoms. The molecule has 0 aromatic carbocycles. The van der Waals surface area contributed by atoms with Gasteiger partial charge in [-0.3, -0.25) is 0 Å². The van der Waals surface area contributed by atoms with Crippen LogP contribution >= 0.6 is 11.3 Å². The van der Waals surface area contributed by atoms with Crippen molar-refractivity contribution in [3.63, 3.8) is 0 Å². The third-order valence-electron chi connectivity index (χ3n) is 2.21. The number of nitrogens with one attached hydrogen (secondary N) is 1. The number of sulfone groups is 1. The molecule has 0 saturated carbocycles. The van der Waals surface area contributed by atoms with E-state index in [1.54, 1.807) is 11.3 Å². The van der Waals surface area contributed by atoms with Crippen molar-refractivity contribution in [3.05, 3.63) is 21.9 Å². The van der Waals surface area contributed by atoms with Crippen LogP contribution in [0.1, 0.15) is 29.1 Å². The highest BCUT2D eigenvalue weighted by atomic mass is 32.2. The molecule has 0 aliphatic heterocycles. The summed E-state index contributed by atoms with van der Waals surface area (Å²) in [5, 5.41) is 3.29. The van der Waals surface area contributed by atoms with E-state index in [2.05, 4.69) is 12.2 Å². The molecule has 16 heavy (non-hydrogen) atoms. The number of hydrogen-bond donors (Lipinski definition) is 1. The van der Waals surface area contributed by atoms with E-state index in [4.69, 9.17) is 0 Å². The Bertz CT molecular complexity index is 423. The number of hydrogen-bond acceptors (Lipinski definition) is 4. The van der Waals surface area contributed by atoms with Gasteiger partial charge in [-0.25, -0.2) is 8.42 Å². The average Bonchev–Trinajstić information content (AvgIpc) is 2.57. The molecule has 0 aliphatic carbocycles. The van der Waals surface area contributed by atoms with E-state index in [1.807, 2.05) is 19.1 Å². The monoisotopic (exact) mass is 261 g/mol. The molecule has 1 aromatic heterocycles. The second-order valence-corrected chi connectivity index (χ2v) is 7.55. The van der Waals surface area contributed by atoms with E-state index in [0.29, 0.717) is 0 Å². The lowest BCUT2D eigenvalue weighted by molar-refractivity contribution is 0.554. The first-order chi connectivity index (χ1) is 7.42. The fourth-order valence-electron chi connectivity index (χ4n) is 1.50. The molecule has 1 heterocycles. The fraction of sp³-hybridized carbons (Fsp3) is 0.636. The summed E-state index contributed by atoms with van der Waals surface area (Å²) in [6.45, 7) is 4.95. The molecule has 1 atom stereocenters. The molecule has 0 saturated heterocycles. The molecule has 92 valence electrons. The van der Waals surface area contributed by atoms with Crippen molar-refractivity contribution < 1.29 is 8.42 Å². The Hall–Kier alpha value is -0.390. The minimum absolute atomic E-state index is 0.0614. The van der Waals surface area contributed by atoms with Crippen LogP contribution in [-0.2, 0) is 9.84 Å². The van der Waals surface area contributed by atoms with Gasteiger partial charge in [0.1, 0.15) is 9.84 Å². The van der Waals surface area contributed by atoms with Crippen LogP contribution in [0.2, 0.25) is 0 Å². The summed E-state index contributed by atoms with van der Waals surface area (Å²) in [5.41, 5.74) is 0. The van der Waals surface area contributed by atoms with E-state index in [9.17, 15) is 8.42 Å². The second kappa shape index (κ2) is 5.80. The first-order valence-corrected chi connectivity index (χ1v) is 8.27. The second-order valence-electron chi connectivity index (χ2n) is 4.05. The number of rotatable bonds is 6. The summed E-state index contributed by atoms with van der Waals surface area (Å²) in [6.07, 6.45) is 2.29. The maximum absolute atomic E-state index is 11.3. The van der Waals surface area contributed by atoms with Gasteiger partial charge >= 0.3 is 0 Å². The molecule has 1 rings (SSSR count). The predicted molar refractivity (Wildman–Crippen MR) is 69.8 cm³/mol. The van der Waals surface area contributed by atoms with Crippen LogP contribution in [0.4, 0.5) is 0 Å². The molecule has 0 amide bonds. The molecular formula is C11H19NO2S2. The van der Waals surface area contributed by atoms with Gasteiger partial charge in [-0.2, -0.15) is 0 Å². The number of thiophene rings is 1. The maximum Gasteiger partial charge on any atom is 0.149 e. The largest absolute Gasteiger partial charge is 0.308 e. The van der Waals surface area contributed by atoms with Crippen molar-refractivity contribution >= 4 is 21.2 Å². The SMILES string of the molecule is CCCNC(CS(C)(=O)=O)c1ccc(C)s1. The summed E-state index contributed by atoms with van der Waals surface area (Å²) in [4.78, 5) is 2.32. The lowest BCUT2D eigenvalue weighted by Crippen LogP contribution is -2.27. The van der Waals surface area contributed by atoms with Crippen molar-refractivity contribution in [2.75, 3.05) is 18.6 Å². The molecular weight excluding hydrogens is 242 g/mol. The Labute approximate surface area is 102 Å². The lowest BCUT2D eigenvalue weighted by atomic mass is 10.2. The predicted octanol–water partition coefficient (Wildman–Crippen LogP) is 2.14. The third kappa shape index (κ3) is 4.63. The van der Waals surface area contributed by atoms with E-state index < -0.39 is 9.84 Å². The van der Waals surface area contributed by atoms with Crippen molar-refractivity contribution in [2.45, 2.75) is 26.3 Å². The zero-order valence-electron chi connectivity index (χ0n) is 9.99. The van der Waals surface area contributed by atoms with Gasteiger partial charge in [0.05, 0.1) is 11.8 Å². The summed E-state index contributed by atoms with van der Waals surface area (Å²) in [6, 6.07) is 3.98. The zero-order chi connectivity index (χ0) is 12.2. The van der Waals surface area contributed by atoms with Crippen LogP contribution in [0, 0.1) is 6.92 Å². The molecule has 0 spiro atoms. The van der Waals surface area contributed by atoms with E-state index in [-0.39, 0.29) is 11.8 Å². The summed E-state index contributed by atoms with van der Waals surface area (Å²) >= 11 is 1.66. The van der Waals surface area contributed by atoms with E-state index in [1.165, 1.54) is 11.1 Å². The van der Waals surface area contributed by atoms with Gasteiger partial charge < -0.3 is 5.32 Å². The van der Waals surface area contributed by atoms with Crippen LogP contribution in [0.15, 0.2) is 12.1 Å². The zero-order valence-corrected chi connectivity index (χ0v) is 11.6. The molecule has 0 radical (unpaired) electrons. The molecule has 3 nitrogen and oxygen atoms in total. The lowest BCUT2D eigenvalue weighted by Gasteiger charge is -2.15. The smallest absolute Gasteiger partial charge is 0.149 e. The van der Waals surface area contributed by atoms with Crippen LogP contribution in [0.3, 0.4) is 0 Å². The highest BCUT2D eigenvalue weighted by Gasteiger charge is 2.17. The highest BCUT2D eigenvalue weighted by Crippen LogP contribution is 2.23. The topological polar surface area (TPSA) is 46.2 Å². The Morgan fingerprint density at radius 1 is 1.44 bits per heavy atom.